The Morgan fingerprint density at radius 1 is 1.50 bits per heavy atom. The fourth-order valence-electron chi connectivity index (χ4n) is 2.59. The van der Waals surface area contributed by atoms with E-state index in [-0.39, 0.29) is 17.9 Å². The van der Waals surface area contributed by atoms with Gasteiger partial charge in [0, 0.05) is 28.9 Å². The first-order valence-electron chi connectivity index (χ1n) is 6.91. The Hall–Kier alpha value is -0.980. The van der Waals surface area contributed by atoms with E-state index in [0.29, 0.717) is 13.2 Å². The largest absolute Gasteiger partial charge is 0.501 e. The molecule has 20 heavy (non-hydrogen) atoms. The standard InChI is InChI=1S/C14H22N2O3S/c1-4-18-8-11-13(14(17)19-5-2)12-9(15)6-16(3)7-10(12)20-11/h8-9,13H,4-7,15H2,1-3H3. The molecule has 0 aromatic heterocycles. The Kier molecular flexibility index (Phi) is 5.12. The molecule has 0 bridgehead atoms. The number of nitrogens with two attached hydrogens (primary N) is 1. The Morgan fingerprint density at radius 3 is 2.90 bits per heavy atom. The maximum absolute atomic E-state index is 12.3. The van der Waals surface area contributed by atoms with Crippen molar-refractivity contribution >= 4 is 17.7 Å². The van der Waals surface area contributed by atoms with E-state index in [4.69, 9.17) is 15.2 Å². The molecule has 0 saturated heterocycles. The predicted octanol–water partition coefficient (Wildman–Crippen LogP) is 1.32. The Balaban J connectivity index is 2.31. The second-order valence-corrected chi connectivity index (χ2v) is 6.11. The van der Waals surface area contributed by atoms with Crippen molar-refractivity contribution in [1.82, 2.24) is 4.90 Å². The number of carbonyl (C=O) groups excluding carboxylic acids is 1. The van der Waals surface area contributed by atoms with E-state index in [9.17, 15) is 4.79 Å². The van der Waals surface area contributed by atoms with E-state index in [0.717, 1.165) is 28.5 Å². The van der Waals surface area contributed by atoms with E-state index in [1.807, 2.05) is 20.9 Å². The van der Waals surface area contributed by atoms with Gasteiger partial charge >= 0.3 is 5.97 Å². The summed E-state index contributed by atoms with van der Waals surface area (Å²) in [6.07, 6.45) is 1.68. The van der Waals surface area contributed by atoms with Crippen molar-refractivity contribution in [3.63, 3.8) is 0 Å². The van der Waals surface area contributed by atoms with Gasteiger partial charge in [0.05, 0.1) is 19.5 Å². The van der Waals surface area contributed by atoms with Crippen LogP contribution in [0.3, 0.4) is 0 Å². The third-order valence-corrected chi connectivity index (χ3v) is 4.55. The summed E-state index contributed by atoms with van der Waals surface area (Å²) in [5.74, 6) is -0.610. The van der Waals surface area contributed by atoms with Crippen LogP contribution in [0.1, 0.15) is 13.8 Å². The number of hydrogen-bond donors (Lipinski definition) is 1. The molecule has 0 aromatic carbocycles. The molecule has 0 saturated carbocycles. The minimum Gasteiger partial charge on any atom is -0.501 e. The van der Waals surface area contributed by atoms with Gasteiger partial charge in [0.25, 0.3) is 0 Å². The lowest BCUT2D eigenvalue weighted by Gasteiger charge is -2.30. The molecule has 0 amide bonds. The lowest BCUT2D eigenvalue weighted by atomic mass is 9.90. The predicted molar refractivity (Wildman–Crippen MR) is 79.9 cm³/mol. The van der Waals surface area contributed by atoms with Gasteiger partial charge in [0.2, 0.25) is 0 Å². The van der Waals surface area contributed by atoms with Crippen LogP contribution in [0.25, 0.3) is 0 Å². The Labute approximate surface area is 124 Å². The number of thioether (sulfide) groups is 1. The van der Waals surface area contributed by atoms with E-state index in [2.05, 4.69) is 4.90 Å². The monoisotopic (exact) mass is 298 g/mol. The zero-order valence-corrected chi connectivity index (χ0v) is 13.0. The van der Waals surface area contributed by atoms with Gasteiger partial charge in [-0.3, -0.25) is 9.69 Å². The van der Waals surface area contributed by atoms with Crippen molar-refractivity contribution in [2.45, 2.75) is 19.9 Å². The second kappa shape index (κ2) is 6.65. The molecule has 2 unspecified atom stereocenters. The normalized spacial score (nSPS) is 28.7. The molecule has 5 nitrogen and oxygen atoms in total. The maximum atomic E-state index is 12.3. The molecule has 0 aliphatic carbocycles. The highest BCUT2D eigenvalue weighted by Crippen LogP contribution is 2.48. The summed E-state index contributed by atoms with van der Waals surface area (Å²) in [7, 11) is 2.04. The minimum atomic E-state index is -0.384. The van der Waals surface area contributed by atoms with Crippen LogP contribution in [0.2, 0.25) is 0 Å². The van der Waals surface area contributed by atoms with E-state index >= 15 is 0 Å². The smallest absolute Gasteiger partial charge is 0.318 e. The number of nitrogens with zero attached hydrogens (tertiary/aromatic N) is 1. The molecule has 2 atom stereocenters. The molecule has 0 radical (unpaired) electrons. The van der Waals surface area contributed by atoms with Crippen LogP contribution < -0.4 is 5.73 Å². The highest BCUT2D eigenvalue weighted by molar-refractivity contribution is 8.07. The molecule has 6 heteroatoms. The zero-order chi connectivity index (χ0) is 14.7. The van der Waals surface area contributed by atoms with E-state index in [1.165, 1.54) is 0 Å². The number of carbonyl (C=O) groups is 1. The molecule has 2 aliphatic rings. The summed E-state index contributed by atoms with van der Waals surface area (Å²) in [6.45, 7) is 6.28. The van der Waals surface area contributed by atoms with Crippen LogP contribution in [0.15, 0.2) is 21.6 Å². The summed E-state index contributed by atoms with van der Waals surface area (Å²) in [4.78, 5) is 16.5. The lowest BCUT2D eigenvalue weighted by Crippen LogP contribution is -2.44. The number of hydrogen-bond acceptors (Lipinski definition) is 6. The Bertz CT molecular complexity index is 448. The van der Waals surface area contributed by atoms with Crippen LogP contribution in [-0.2, 0) is 14.3 Å². The number of rotatable bonds is 4. The summed E-state index contributed by atoms with van der Waals surface area (Å²) in [5.41, 5.74) is 7.25. The van der Waals surface area contributed by atoms with Gasteiger partial charge in [0.15, 0.2) is 0 Å². The van der Waals surface area contributed by atoms with Crippen molar-refractivity contribution in [3.05, 3.63) is 21.6 Å². The molecule has 2 rings (SSSR count). The van der Waals surface area contributed by atoms with Gasteiger partial charge < -0.3 is 15.2 Å². The average molecular weight is 298 g/mol. The first-order chi connectivity index (χ1) is 9.58. The molecule has 2 N–H and O–H groups in total. The molecule has 2 aliphatic heterocycles. The molecule has 0 fully saturated rings. The summed E-state index contributed by atoms with van der Waals surface area (Å²) in [5, 5.41) is 0. The highest BCUT2D eigenvalue weighted by atomic mass is 32.2. The number of ether oxygens (including phenoxy) is 2. The minimum absolute atomic E-state index is 0.127. The quantitative estimate of drug-likeness (QED) is 0.624. The van der Waals surface area contributed by atoms with E-state index in [1.54, 1.807) is 18.0 Å². The molecule has 0 aromatic rings. The van der Waals surface area contributed by atoms with Crippen molar-refractivity contribution in [2.75, 3.05) is 33.4 Å². The van der Waals surface area contributed by atoms with Crippen molar-refractivity contribution in [1.29, 1.82) is 0 Å². The fourth-order valence-corrected chi connectivity index (χ4v) is 4.00. The Morgan fingerprint density at radius 2 is 2.25 bits per heavy atom. The average Bonchev–Trinajstić information content (AvgIpc) is 2.75. The third kappa shape index (κ3) is 3.02. The van der Waals surface area contributed by atoms with Gasteiger partial charge in [-0.1, -0.05) is 11.8 Å². The van der Waals surface area contributed by atoms with Crippen molar-refractivity contribution in [3.8, 4) is 0 Å². The summed E-state index contributed by atoms with van der Waals surface area (Å²) in [6, 6.07) is -0.127. The fraction of sp³-hybridized carbons (Fsp3) is 0.643. The van der Waals surface area contributed by atoms with Crippen molar-refractivity contribution in [2.24, 2.45) is 11.7 Å². The topological polar surface area (TPSA) is 64.8 Å². The SMILES string of the molecule is CCOC=C1SC2=C(C(N)CN(C)C2)C1C(=O)OCC. The molecular weight excluding hydrogens is 276 g/mol. The zero-order valence-electron chi connectivity index (χ0n) is 12.2. The summed E-state index contributed by atoms with van der Waals surface area (Å²) < 4.78 is 10.6. The molecular formula is C14H22N2O3S. The summed E-state index contributed by atoms with van der Waals surface area (Å²) >= 11 is 1.60. The molecule has 0 spiro atoms. The molecule has 2 heterocycles. The van der Waals surface area contributed by atoms with Crippen LogP contribution >= 0.6 is 11.8 Å². The first-order valence-corrected chi connectivity index (χ1v) is 7.73. The van der Waals surface area contributed by atoms with Gasteiger partial charge in [-0.2, -0.15) is 0 Å². The second-order valence-electron chi connectivity index (χ2n) is 4.94. The van der Waals surface area contributed by atoms with Crippen LogP contribution in [-0.4, -0.2) is 50.3 Å². The first kappa shape index (κ1) is 15.4. The van der Waals surface area contributed by atoms with Crippen molar-refractivity contribution < 1.29 is 14.3 Å². The van der Waals surface area contributed by atoms with Gasteiger partial charge in [0.1, 0.15) is 5.92 Å². The third-order valence-electron chi connectivity index (χ3n) is 3.37. The van der Waals surface area contributed by atoms with Gasteiger partial charge in [-0.05, 0) is 26.5 Å². The molecule has 112 valence electrons. The van der Waals surface area contributed by atoms with Gasteiger partial charge in [-0.25, -0.2) is 0 Å². The van der Waals surface area contributed by atoms with Gasteiger partial charge in [-0.15, -0.1) is 0 Å². The lowest BCUT2D eigenvalue weighted by molar-refractivity contribution is -0.145. The van der Waals surface area contributed by atoms with Crippen LogP contribution in [0.4, 0.5) is 0 Å². The highest BCUT2D eigenvalue weighted by Gasteiger charge is 2.42. The van der Waals surface area contributed by atoms with E-state index < -0.39 is 0 Å². The number of likely N-dealkylation sites (N-methyl/N-ethyl adjacent to an activating group) is 1. The maximum Gasteiger partial charge on any atom is 0.318 e. The van der Waals surface area contributed by atoms with Crippen LogP contribution in [0.5, 0.6) is 0 Å². The van der Waals surface area contributed by atoms with Crippen LogP contribution in [0, 0.1) is 5.92 Å². The number of esters is 1.